The lowest BCUT2D eigenvalue weighted by Gasteiger charge is -2.01. The molecule has 0 amide bonds. The van der Waals surface area contributed by atoms with Crippen LogP contribution in [0.1, 0.15) is 33.6 Å². The molecule has 0 saturated carbocycles. The lowest BCUT2D eigenvalue weighted by atomic mass is 10.1. The van der Waals surface area contributed by atoms with E-state index < -0.39 is 0 Å². The summed E-state index contributed by atoms with van der Waals surface area (Å²) in [6.45, 7) is 7.40. The Labute approximate surface area is 72.1 Å². The van der Waals surface area contributed by atoms with E-state index in [9.17, 15) is 0 Å². The fourth-order valence-electron chi connectivity index (χ4n) is 0.658. The van der Waals surface area contributed by atoms with Gasteiger partial charge in [0, 0.05) is 6.54 Å². The summed E-state index contributed by atoms with van der Waals surface area (Å²) in [5.74, 6) is 0.777. The molecule has 0 aromatic rings. The van der Waals surface area contributed by atoms with E-state index in [1.165, 1.54) is 6.42 Å². The molecule has 0 atom stereocenters. The summed E-state index contributed by atoms with van der Waals surface area (Å²) in [5.41, 5.74) is 0. The summed E-state index contributed by atoms with van der Waals surface area (Å²) in [7, 11) is 0. The number of halogens is 1. The Morgan fingerprint density at radius 3 is 2.50 bits per heavy atom. The average Bonchev–Trinajstić information content (AvgIpc) is 1.85. The molecule has 60 valence electrons. The minimum Gasteiger partial charge on any atom is -0.283 e. The van der Waals surface area contributed by atoms with Gasteiger partial charge in [0.05, 0.1) is 4.62 Å². The molecule has 0 rings (SSSR count). The highest BCUT2D eigenvalue weighted by Gasteiger charge is 1.96. The smallest absolute Gasteiger partial charge is 0.0774 e. The van der Waals surface area contributed by atoms with Crippen LogP contribution in [-0.2, 0) is 0 Å². The van der Waals surface area contributed by atoms with Gasteiger partial charge in [-0.05, 0) is 41.6 Å². The first-order valence-electron chi connectivity index (χ1n) is 3.85. The second-order valence-corrected chi connectivity index (χ2v) is 3.70. The van der Waals surface area contributed by atoms with Gasteiger partial charge in [-0.3, -0.25) is 4.99 Å². The van der Waals surface area contributed by atoms with Crippen molar-refractivity contribution < 1.29 is 0 Å². The first-order chi connectivity index (χ1) is 4.66. The van der Waals surface area contributed by atoms with Crippen LogP contribution >= 0.6 is 15.9 Å². The Morgan fingerprint density at radius 1 is 1.50 bits per heavy atom. The van der Waals surface area contributed by atoms with Crippen molar-refractivity contribution in [2.75, 3.05) is 6.54 Å². The Balaban J connectivity index is 3.39. The fourth-order valence-corrected chi connectivity index (χ4v) is 1.14. The first kappa shape index (κ1) is 10.2. The van der Waals surface area contributed by atoms with Crippen molar-refractivity contribution in [2.24, 2.45) is 10.9 Å². The molecule has 0 fully saturated rings. The molecule has 0 saturated heterocycles. The lowest BCUT2D eigenvalue weighted by molar-refractivity contribution is 0.605. The average molecular weight is 206 g/mol. The van der Waals surface area contributed by atoms with Crippen LogP contribution in [0.3, 0.4) is 0 Å². The minimum absolute atomic E-state index is 0.777. The zero-order valence-electron chi connectivity index (χ0n) is 7.02. The van der Waals surface area contributed by atoms with Gasteiger partial charge in [0.25, 0.3) is 0 Å². The Hall–Kier alpha value is 0.150. The molecule has 0 aliphatic heterocycles. The van der Waals surface area contributed by atoms with E-state index in [4.69, 9.17) is 0 Å². The summed E-state index contributed by atoms with van der Waals surface area (Å²) in [5, 5.41) is 0. The molecule has 2 heteroatoms. The van der Waals surface area contributed by atoms with Gasteiger partial charge in [-0.25, -0.2) is 0 Å². The van der Waals surface area contributed by atoms with Crippen molar-refractivity contribution in [2.45, 2.75) is 33.6 Å². The maximum Gasteiger partial charge on any atom is 0.0774 e. The summed E-state index contributed by atoms with van der Waals surface area (Å²) >= 11 is 3.42. The maximum absolute atomic E-state index is 4.23. The summed E-state index contributed by atoms with van der Waals surface area (Å²) in [6.07, 6.45) is 2.32. The van der Waals surface area contributed by atoms with Gasteiger partial charge in [0.1, 0.15) is 0 Å². The number of hydrogen-bond donors (Lipinski definition) is 0. The Bertz CT molecular complexity index is 108. The largest absolute Gasteiger partial charge is 0.283 e. The van der Waals surface area contributed by atoms with E-state index >= 15 is 0 Å². The fraction of sp³-hybridized carbons (Fsp3) is 0.875. The van der Waals surface area contributed by atoms with Crippen molar-refractivity contribution in [1.82, 2.24) is 0 Å². The van der Waals surface area contributed by atoms with Gasteiger partial charge >= 0.3 is 0 Å². The molecule has 1 nitrogen and oxygen atoms in total. The number of hydrogen-bond acceptors (Lipinski definition) is 1. The zero-order chi connectivity index (χ0) is 7.98. The Kier molecular flexibility index (Phi) is 5.99. The normalized spacial score (nSPS) is 12.7. The van der Waals surface area contributed by atoms with Crippen LogP contribution in [0.2, 0.25) is 0 Å². The second kappa shape index (κ2) is 5.90. The third-order valence-electron chi connectivity index (χ3n) is 1.26. The standard InChI is InChI=1S/C8H16BrN/c1-4-10-8(9)6-5-7(2)3/h7H,4-6H2,1-3H3. The van der Waals surface area contributed by atoms with Crippen molar-refractivity contribution in [3.63, 3.8) is 0 Å². The van der Waals surface area contributed by atoms with Gasteiger partial charge in [-0.2, -0.15) is 0 Å². The third kappa shape index (κ3) is 6.27. The highest BCUT2D eigenvalue weighted by molar-refractivity contribution is 9.18. The van der Waals surface area contributed by atoms with Crippen LogP contribution in [-0.4, -0.2) is 11.2 Å². The van der Waals surface area contributed by atoms with E-state index in [0.29, 0.717) is 0 Å². The van der Waals surface area contributed by atoms with Crippen molar-refractivity contribution in [3.05, 3.63) is 0 Å². The number of aliphatic imine (C=N–C) groups is 1. The van der Waals surface area contributed by atoms with Crippen LogP contribution in [0.15, 0.2) is 4.99 Å². The second-order valence-electron chi connectivity index (χ2n) is 2.78. The molecule has 0 aliphatic rings. The molecule has 0 radical (unpaired) electrons. The van der Waals surface area contributed by atoms with E-state index in [-0.39, 0.29) is 0 Å². The van der Waals surface area contributed by atoms with Crippen LogP contribution in [0.4, 0.5) is 0 Å². The molecule has 0 spiro atoms. The van der Waals surface area contributed by atoms with Gasteiger partial charge in [-0.1, -0.05) is 13.8 Å². The third-order valence-corrected chi connectivity index (χ3v) is 1.90. The lowest BCUT2D eigenvalue weighted by Crippen LogP contribution is -1.93. The molecule has 0 aromatic heterocycles. The quantitative estimate of drug-likeness (QED) is 0.626. The number of nitrogens with zero attached hydrogens (tertiary/aromatic N) is 1. The van der Waals surface area contributed by atoms with Gasteiger partial charge < -0.3 is 0 Å². The molecule has 0 heterocycles. The monoisotopic (exact) mass is 205 g/mol. The first-order valence-corrected chi connectivity index (χ1v) is 4.65. The summed E-state index contributed by atoms with van der Waals surface area (Å²) in [4.78, 5) is 4.23. The SMILES string of the molecule is CCN=C(Br)CCC(C)C. The zero-order valence-corrected chi connectivity index (χ0v) is 8.61. The predicted octanol–water partition coefficient (Wildman–Crippen LogP) is 3.24. The summed E-state index contributed by atoms with van der Waals surface area (Å²) in [6, 6.07) is 0. The van der Waals surface area contributed by atoms with Gasteiger partial charge in [-0.15, -0.1) is 0 Å². The number of rotatable bonds is 4. The highest BCUT2D eigenvalue weighted by atomic mass is 79.9. The molecule has 0 N–H and O–H groups in total. The Morgan fingerprint density at radius 2 is 2.10 bits per heavy atom. The molecule has 0 aliphatic carbocycles. The van der Waals surface area contributed by atoms with E-state index in [1.807, 2.05) is 0 Å². The van der Waals surface area contributed by atoms with E-state index in [1.54, 1.807) is 0 Å². The highest BCUT2D eigenvalue weighted by Crippen LogP contribution is 2.07. The van der Waals surface area contributed by atoms with Gasteiger partial charge in [0.2, 0.25) is 0 Å². The molecular formula is C8H16BrN. The van der Waals surface area contributed by atoms with E-state index in [2.05, 4.69) is 41.7 Å². The molecular weight excluding hydrogens is 190 g/mol. The van der Waals surface area contributed by atoms with Crippen molar-refractivity contribution in [1.29, 1.82) is 0 Å². The summed E-state index contributed by atoms with van der Waals surface area (Å²) < 4.78 is 1.11. The van der Waals surface area contributed by atoms with Crippen LogP contribution in [0.5, 0.6) is 0 Å². The van der Waals surface area contributed by atoms with Crippen LogP contribution in [0.25, 0.3) is 0 Å². The van der Waals surface area contributed by atoms with Gasteiger partial charge in [0.15, 0.2) is 0 Å². The topological polar surface area (TPSA) is 12.4 Å². The molecule has 10 heavy (non-hydrogen) atoms. The maximum atomic E-state index is 4.23. The minimum atomic E-state index is 0.777. The van der Waals surface area contributed by atoms with E-state index in [0.717, 1.165) is 23.5 Å². The molecule has 0 bridgehead atoms. The molecule has 0 aromatic carbocycles. The van der Waals surface area contributed by atoms with Crippen LogP contribution in [0, 0.1) is 5.92 Å². The van der Waals surface area contributed by atoms with Crippen molar-refractivity contribution >= 4 is 20.6 Å². The predicted molar refractivity (Wildman–Crippen MR) is 51.0 cm³/mol. The molecule has 0 unspecified atom stereocenters. The van der Waals surface area contributed by atoms with Crippen molar-refractivity contribution in [3.8, 4) is 0 Å². The van der Waals surface area contributed by atoms with Crippen LogP contribution < -0.4 is 0 Å².